The highest BCUT2D eigenvalue weighted by Crippen LogP contribution is 2.30. The Morgan fingerprint density at radius 1 is 1.23 bits per heavy atom. The lowest BCUT2D eigenvalue weighted by Gasteiger charge is -2.50. The summed E-state index contributed by atoms with van der Waals surface area (Å²) in [6.07, 6.45) is 4.12. The minimum atomic E-state index is 0.745. The summed E-state index contributed by atoms with van der Waals surface area (Å²) >= 11 is 0. The molecule has 2 saturated heterocycles. The van der Waals surface area contributed by atoms with E-state index in [2.05, 4.69) is 30.4 Å². The first kappa shape index (κ1) is 9.07. The molecule has 2 heterocycles. The Labute approximate surface area is 81.2 Å². The zero-order valence-electron chi connectivity index (χ0n) is 8.79. The second kappa shape index (κ2) is 3.33. The SMILES string of the molecule is C=C(C)N1C2CCCC1CN(C)C2. The second-order valence-corrected chi connectivity index (χ2v) is 4.60. The highest BCUT2D eigenvalue weighted by atomic mass is 15.3. The van der Waals surface area contributed by atoms with E-state index in [9.17, 15) is 0 Å². The van der Waals surface area contributed by atoms with Crippen LogP contribution in [0.4, 0.5) is 0 Å². The summed E-state index contributed by atoms with van der Waals surface area (Å²) in [7, 11) is 2.24. The van der Waals surface area contributed by atoms with Crippen LogP contribution in [0.1, 0.15) is 26.2 Å². The monoisotopic (exact) mass is 180 g/mol. The number of likely N-dealkylation sites (N-methyl/N-ethyl adjacent to an activating group) is 1. The Balaban J connectivity index is 2.14. The van der Waals surface area contributed by atoms with Crippen LogP contribution in [0.2, 0.25) is 0 Å². The number of piperazine rings is 1. The van der Waals surface area contributed by atoms with Gasteiger partial charge in [0.2, 0.25) is 0 Å². The summed E-state index contributed by atoms with van der Waals surface area (Å²) in [5.74, 6) is 0. The highest BCUT2D eigenvalue weighted by Gasteiger charge is 2.35. The topological polar surface area (TPSA) is 6.48 Å². The zero-order valence-corrected chi connectivity index (χ0v) is 8.79. The van der Waals surface area contributed by atoms with Crippen LogP contribution >= 0.6 is 0 Å². The molecule has 2 unspecified atom stereocenters. The van der Waals surface area contributed by atoms with Gasteiger partial charge in [-0.05, 0) is 33.2 Å². The van der Waals surface area contributed by atoms with Crippen LogP contribution in [-0.2, 0) is 0 Å². The third-order valence-electron chi connectivity index (χ3n) is 3.35. The lowest BCUT2D eigenvalue weighted by atomic mass is 9.91. The molecule has 0 aromatic rings. The van der Waals surface area contributed by atoms with Gasteiger partial charge in [-0.2, -0.15) is 0 Å². The summed E-state index contributed by atoms with van der Waals surface area (Å²) in [5.41, 5.74) is 1.27. The molecule has 2 fully saturated rings. The Bertz CT molecular complexity index is 198. The molecule has 13 heavy (non-hydrogen) atoms. The maximum absolute atomic E-state index is 4.09. The van der Waals surface area contributed by atoms with Gasteiger partial charge in [0.1, 0.15) is 0 Å². The molecular weight excluding hydrogens is 160 g/mol. The van der Waals surface area contributed by atoms with Crippen molar-refractivity contribution in [1.82, 2.24) is 9.80 Å². The third kappa shape index (κ3) is 1.60. The van der Waals surface area contributed by atoms with E-state index in [4.69, 9.17) is 0 Å². The van der Waals surface area contributed by atoms with Crippen LogP contribution in [0.25, 0.3) is 0 Å². The predicted molar refractivity (Wildman–Crippen MR) is 55.6 cm³/mol. The predicted octanol–water partition coefficient (Wildman–Crippen LogP) is 1.69. The fourth-order valence-electron chi connectivity index (χ4n) is 2.94. The molecule has 0 aliphatic carbocycles. The number of hydrogen-bond donors (Lipinski definition) is 0. The zero-order chi connectivity index (χ0) is 9.42. The molecule has 74 valence electrons. The molecule has 2 atom stereocenters. The Kier molecular flexibility index (Phi) is 2.33. The third-order valence-corrected chi connectivity index (χ3v) is 3.35. The van der Waals surface area contributed by atoms with Gasteiger partial charge in [-0.25, -0.2) is 0 Å². The highest BCUT2D eigenvalue weighted by molar-refractivity contribution is 5.03. The largest absolute Gasteiger partial charge is 0.367 e. The number of fused-ring (bicyclic) bond motifs is 2. The average molecular weight is 180 g/mol. The van der Waals surface area contributed by atoms with Crippen LogP contribution in [0, 0.1) is 0 Å². The lowest BCUT2D eigenvalue weighted by molar-refractivity contribution is 0.0286. The first-order valence-electron chi connectivity index (χ1n) is 5.31. The van der Waals surface area contributed by atoms with E-state index >= 15 is 0 Å². The molecule has 0 aromatic heterocycles. The molecule has 0 amide bonds. The van der Waals surface area contributed by atoms with Gasteiger partial charge in [-0.1, -0.05) is 6.58 Å². The molecule has 2 bridgehead atoms. The second-order valence-electron chi connectivity index (χ2n) is 4.60. The molecule has 2 aliphatic rings. The van der Waals surface area contributed by atoms with Crippen molar-refractivity contribution in [2.45, 2.75) is 38.3 Å². The minimum Gasteiger partial charge on any atom is -0.367 e. The van der Waals surface area contributed by atoms with Crippen LogP contribution in [0.5, 0.6) is 0 Å². The van der Waals surface area contributed by atoms with Crippen molar-refractivity contribution in [3.8, 4) is 0 Å². The van der Waals surface area contributed by atoms with Crippen LogP contribution in [-0.4, -0.2) is 42.0 Å². The normalized spacial score (nSPS) is 34.8. The van der Waals surface area contributed by atoms with Crippen LogP contribution in [0.15, 0.2) is 12.3 Å². The number of piperidine rings is 1. The lowest BCUT2D eigenvalue weighted by Crippen LogP contribution is -2.58. The summed E-state index contributed by atoms with van der Waals surface area (Å²) in [4.78, 5) is 5.03. The number of likely N-dealkylation sites (tertiary alicyclic amines) is 1. The first-order chi connectivity index (χ1) is 6.18. The van der Waals surface area contributed by atoms with Gasteiger partial charge in [0.15, 0.2) is 0 Å². The van der Waals surface area contributed by atoms with Crippen molar-refractivity contribution < 1.29 is 0 Å². The van der Waals surface area contributed by atoms with Crippen molar-refractivity contribution in [2.24, 2.45) is 0 Å². The van der Waals surface area contributed by atoms with E-state index in [-0.39, 0.29) is 0 Å². The molecule has 0 aromatic carbocycles. The summed E-state index contributed by atoms with van der Waals surface area (Å²) in [6, 6.07) is 1.49. The van der Waals surface area contributed by atoms with E-state index in [1.54, 1.807) is 0 Å². The average Bonchev–Trinajstić information content (AvgIpc) is 2.01. The van der Waals surface area contributed by atoms with Gasteiger partial charge in [-0.3, -0.25) is 0 Å². The molecular formula is C11H20N2. The molecule has 2 nitrogen and oxygen atoms in total. The fraction of sp³-hybridized carbons (Fsp3) is 0.818. The summed E-state index contributed by atoms with van der Waals surface area (Å²) < 4.78 is 0. The smallest absolute Gasteiger partial charge is 0.0417 e. The van der Waals surface area contributed by atoms with E-state index in [0.717, 1.165) is 12.1 Å². The molecule has 0 saturated carbocycles. The van der Waals surface area contributed by atoms with Gasteiger partial charge < -0.3 is 9.80 Å². The van der Waals surface area contributed by atoms with Crippen LogP contribution in [0.3, 0.4) is 0 Å². The van der Waals surface area contributed by atoms with E-state index in [0.29, 0.717) is 0 Å². The molecule has 0 N–H and O–H groups in total. The fourth-order valence-corrected chi connectivity index (χ4v) is 2.94. The standard InChI is InChI=1S/C11H20N2/c1-9(2)13-10-5-4-6-11(13)8-12(3)7-10/h10-11H,1,4-8H2,2-3H3. The van der Waals surface area contributed by atoms with Crippen molar-refractivity contribution in [3.05, 3.63) is 12.3 Å². The van der Waals surface area contributed by atoms with Gasteiger partial charge in [0, 0.05) is 30.9 Å². The number of allylic oxidation sites excluding steroid dienone is 1. The van der Waals surface area contributed by atoms with Gasteiger partial charge in [0.25, 0.3) is 0 Å². The Hall–Kier alpha value is -0.500. The Morgan fingerprint density at radius 3 is 2.23 bits per heavy atom. The number of rotatable bonds is 1. The van der Waals surface area contributed by atoms with Gasteiger partial charge >= 0.3 is 0 Å². The maximum Gasteiger partial charge on any atom is 0.0417 e. The molecule has 2 heteroatoms. The molecule has 0 radical (unpaired) electrons. The molecule has 2 rings (SSSR count). The van der Waals surface area contributed by atoms with E-state index in [1.807, 2.05) is 0 Å². The van der Waals surface area contributed by atoms with Crippen molar-refractivity contribution >= 4 is 0 Å². The van der Waals surface area contributed by atoms with Crippen molar-refractivity contribution in [3.63, 3.8) is 0 Å². The molecule has 2 aliphatic heterocycles. The van der Waals surface area contributed by atoms with E-state index < -0.39 is 0 Å². The first-order valence-corrected chi connectivity index (χ1v) is 5.31. The Morgan fingerprint density at radius 2 is 1.77 bits per heavy atom. The summed E-state index contributed by atoms with van der Waals surface area (Å²) in [6.45, 7) is 8.69. The molecule has 0 spiro atoms. The van der Waals surface area contributed by atoms with Gasteiger partial charge in [-0.15, -0.1) is 0 Å². The quantitative estimate of drug-likeness (QED) is 0.606. The van der Waals surface area contributed by atoms with Crippen molar-refractivity contribution in [1.29, 1.82) is 0 Å². The summed E-state index contributed by atoms with van der Waals surface area (Å²) in [5, 5.41) is 0. The van der Waals surface area contributed by atoms with Gasteiger partial charge in [0.05, 0.1) is 0 Å². The van der Waals surface area contributed by atoms with E-state index in [1.165, 1.54) is 38.0 Å². The maximum atomic E-state index is 4.09. The van der Waals surface area contributed by atoms with Crippen molar-refractivity contribution in [2.75, 3.05) is 20.1 Å². The minimum absolute atomic E-state index is 0.745. The number of nitrogens with zero attached hydrogens (tertiary/aromatic N) is 2. The van der Waals surface area contributed by atoms with Crippen LogP contribution < -0.4 is 0 Å². The number of hydrogen-bond acceptors (Lipinski definition) is 2.